The molecular weight excluding hydrogens is 246 g/mol. The van der Waals surface area contributed by atoms with Gasteiger partial charge < -0.3 is 10.4 Å². The van der Waals surface area contributed by atoms with Gasteiger partial charge in [-0.05, 0) is 36.8 Å². The highest BCUT2D eigenvalue weighted by atomic mass is 32.1. The van der Waals surface area contributed by atoms with Crippen LogP contribution in [-0.4, -0.2) is 23.2 Å². The quantitative estimate of drug-likeness (QED) is 0.779. The first-order chi connectivity index (χ1) is 8.39. The van der Waals surface area contributed by atoms with Crippen LogP contribution in [-0.2, 0) is 4.79 Å². The van der Waals surface area contributed by atoms with E-state index in [4.69, 9.17) is 0 Å². The molecule has 1 atom stereocenters. The highest BCUT2D eigenvalue weighted by Gasteiger charge is 2.21. The molecule has 0 aliphatic heterocycles. The highest BCUT2D eigenvalue weighted by Crippen LogP contribution is 2.15. The van der Waals surface area contributed by atoms with Crippen LogP contribution >= 0.6 is 11.3 Å². The van der Waals surface area contributed by atoms with E-state index in [0.717, 1.165) is 4.88 Å². The zero-order valence-electron chi connectivity index (χ0n) is 11.1. The molecule has 1 aromatic heterocycles. The van der Waals surface area contributed by atoms with E-state index in [0.29, 0.717) is 12.3 Å². The van der Waals surface area contributed by atoms with Gasteiger partial charge in [-0.15, -0.1) is 11.3 Å². The minimum atomic E-state index is -0.847. The number of amides is 1. The molecule has 0 aliphatic carbocycles. The third-order valence-corrected chi connectivity index (χ3v) is 3.27. The van der Waals surface area contributed by atoms with Crippen LogP contribution in [0.15, 0.2) is 23.6 Å². The number of hydrogen-bond donors (Lipinski definition) is 2. The Balaban J connectivity index is 2.37. The maximum atomic E-state index is 11.6. The molecule has 1 rings (SSSR count). The monoisotopic (exact) mass is 267 g/mol. The van der Waals surface area contributed by atoms with E-state index in [1.54, 1.807) is 24.3 Å². The molecule has 3 nitrogen and oxygen atoms in total. The molecule has 0 saturated carbocycles. The van der Waals surface area contributed by atoms with E-state index in [1.807, 2.05) is 31.4 Å². The van der Waals surface area contributed by atoms with Crippen molar-refractivity contribution in [1.82, 2.24) is 5.32 Å². The summed E-state index contributed by atoms with van der Waals surface area (Å²) in [4.78, 5) is 12.6. The first-order valence-corrected chi connectivity index (χ1v) is 6.99. The van der Waals surface area contributed by atoms with Gasteiger partial charge in [0, 0.05) is 17.5 Å². The Labute approximate surface area is 113 Å². The normalized spacial score (nSPS) is 14.9. The predicted octanol–water partition coefficient (Wildman–Crippen LogP) is 2.67. The Hall–Kier alpha value is -1.13. The number of thiophene rings is 1. The molecule has 18 heavy (non-hydrogen) atoms. The van der Waals surface area contributed by atoms with E-state index in [9.17, 15) is 9.90 Å². The van der Waals surface area contributed by atoms with Crippen molar-refractivity contribution in [3.63, 3.8) is 0 Å². The first kappa shape index (κ1) is 14.9. The van der Waals surface area contributed by atoms with E-state index >= 15 is 0 Å². The molecule has 1 unspecified atom stereocenters. The lowest BCUT2D eigenvalue weighted by Gasteiger charge is -2.25. The predicted molar refractivity (Wildman–Crippen MR) is 76.4 cm³/mol. The maximum Gasteiger partial charge on any atom is 0.244 e. The number of nitrogens with one attached hydrogen (secondary N) is 1. The molecule has 2 N–H and O–H groups in total. The Morgan fingerprint density at radius 3 is 2.89 bits per heavy atom. The van der Waals surface area contributed by atoms with Gasteiger partial charge in [-0.3, -0.25) is 4.79 Å². The molecule has 0 spiro atoms. The third kappa shape index (κ3) is 5.98. The molecule has 1 amide bonds. The van der Waals surface area contributed by atoms with Gasteiger partial charge in [-0.2, -0.15) is 0 Å². The van der Waals surface area contributed by atoms with Crippen LogP contribution in [0.25, 0.3) is 6.08 Å². The van der Waals surface area contributed by atoms with Crippen molar-refractivity contribution >= 4 is 23.3 Å². The second kappa shape index (κ2) is 6.71. The van der Waals surface area contributed by atoms with E-state index < -0.39 is 5.60 Å². The van der Waals surface area contributed by atoms with Gasteiger partial charge in [0.15, 0.2) is 0 Å². The van der Waals surface area contributed by atoms with Crippen LogP contribution in [0.4, 0.5) is 0 Å². The van der Waals surface area contributed by atoms with Crippen molar-refractivity contribution in [3.8, 4) is 0 Å². The van der Waals surface area contributed by atoms with Gasteiger partial charge in [0.05, 0.1) is 5.60 Å². The summed E-state index contributed by atoms with van der Waals surface area (Å²) >= 11 is 1.58. The lowest BCUT2D eigenvalue weighted by molar-refractivity contribution is -0.117. The van der Waals surface area contributed by atoms with Crippen molar-refractivity contribution in [3.05, 3.63) is 28.5 Å². The third-order valence-electron chi connectivity index (χ3n) is 2.43. The number of aliphatic hydroxyl groups is 1. The van der Waals surface area contributed by atoms with E-state index in [1.165, 1.54) is 6.08 Å². The molecule has 0 bridgehead atoms. The fourth-order valence-corrected chi connectivity index (χ4v) is 2.45. The standard InChI is InChI=1S/C14H21NO2S/c1-11(2)9-14(3,17)10-15-13(16)7-6-12-5-4-8-18-12/h4-8,11,17H,9-10H2,1-3H3,(H,15,16). The Morgan fingerprint density at radius 1 is 1.61 bits per heavy atom. The summed E-state index contributed by atoms with van der Waals surface area (Å²) in [7, 11) is 0. The molecule has 100 valence electrons. The minimum absolute atomic E-state index is 0.174. The lowest BCUT2D eigenvalue weighted by Crippen LogP contribution is -2.40. The van der Waals surface area contributed by atoms with Gasteiger partial charge in [0.2, 0.25) is 5.91 Å². The summed E-state index contributed by atoms with van der Waals surface area (Å²) < 4.78 is 0. The average Bonchev–Trinajstić information content (AvgIpc) is 2.74. The van der Waals surface area contributed by atoms with Crippen LogP contribution in [0, 0.1) is 5.92 Å². The lowest BCUT2D eigenvalue weighted by atomic mass is 9.94. The van der Waals surface area contributed by atoms with Crippen molar-refractivity contribution in [2.45, 2.75) is 32.8 Å². The second-order valence-corrected chi connectivity index (χ2v) is 6.14. The Morgan fingerprint density at radius 2 is 2.33 bits per heavy atom. The summed E-state index contributed by atoms with van der Waals surface area (Å²) in [5.41, 5.74) is -0.847. The van der Waals surface area contributed by atoms with Gasteiger partial charge >= 0.3 is 0 Å². The number of carbonyl (C=O) groups excluding carboxylic acids is 1. The molecule has 4 heteroatoms. The molecule has 1 aromatic rings. The maximum absolute atomic E-state index is 11.6. The van der Waals surface area contributed by atoms with Crippen LogP contribution < -0.4 is 5.32 Å². The Kier molecular flexibility index (Phi) is 5.56. The van der Waals surface area contributed by atoms with Crippen molar-refractivity contribution in [2.24, 2.45) is 5.92 Å². The summed E-state index contributed by atoms with van der Waals surface area (Å²) in [6.07, 6.45) is 3.94. The molecule has 0 saturated heterocycles. The summed E-state index contributed by atoms with van der Waals surface area (Å²) in [5.74, 6) is 0.228. The zero-order chi connectivity index (χ0) is 13.6. The van der Waals surface area contributed by atoms with Crippen LogP contribution in [0.2, 0.25) is 0 Å². The van der Waals surface area contributed by atoms with Crippen LogP contribution in [0.3, 0.4) is 0 Å². The largest absolute Gasteiger partial charge is 0.388 e. The number of rotatable bonds is 6. The average molecular weight is 267 g/mol. The zero-order valence-corrected chi connectivity index (χ0v) is 12.0. The topological polar surface area (TPSA) is 49.3 Å². The Bertz CT molecular complexity index is 394. The fraction of sp³-hybridized carbons (Fsp3) is 0.500. The molecule has 0 fully saturated rings. The van der Waals surface area contributed by atoms with Gasteiger partial charge in [0.1, 0.15) is 0 Å². The first-order valence-electron chi connectivity index (χ1n) is 6.11. The van der Waals surface area contributed by atoms with Crippen LogP contribution in [0.5, 0.6) is 0 Å². The van der Waals surface area contributed by atoms with Crippen molar-refractivity contribution in [2.75, 3.05) is 6.54 Å². The minimum Gasteiger partial charge on any atom is -0.388 e. The van der Waals surface area contributed by atoms with E-state index in [2.05, 4.69) is 5.32 Å². The highest BCUT2D eigenvalue weighted by molar-refractivity contribution is 7.10. The van der Waals surface area contributed by atoms with Gasteiger partial charge in [-0.25, -0.2) is 0 Å². The summed E-state index contributed by atoms with van der Waals surface area (Å²) in [5, 5.41) is 14.7. The summed E-state index contributed by atoms with van der Waals surface area (Å²) in [6, 6.07) is 3.89. The smallest absolute Gasteiger partial charge is 0.244 e. The van der Waals surface area contributed by atoms with Crippen molar-refractivity contribution in [1.29, 1.82) is 0 Å². The van der Waals surface area contributed by atoms with Gasteiger partial charge in [0.25, 0.3) is 0 Å². The van der Waals surface area contributed by atoms with Gasteiger partial charge in [-0.1, -0.05) is 19.9 Å². The number of carbonyl (C=O) groups is 1. The summed E-state index contributed by atoms with van der Waals surface area (Å²) in [6.45, 7) is 6.12. The SMILES string of the molecule is CC(C)CC(C)(O)CNC(=O)C=Cc1cccs1. The molecule has 0 aromatic carbocycles. The molecule has 0 radical (unpaired) electrons. The van der Waals surface area contributed by atoms with E-state index in [-0.39, 0.29) is 12.5 Å². The number of hydrogen-bond acceptors (Lipinski definition) is 3. The fourth-order valence-electron chi connectivity index (χ4n) is 1.83. The second-order valence-electron chi connectivity index (χ2n) is 5.16. The molecule has 0 aliphatic rings. The van der Waals surface area contributed by atoms with Crippen LogP contribution in [0.1, 0.15) is 32.1 Å². The van der Waals surface area contributed by atoms with Crippen molar-refractivity contribution < 1.29 is 9.90 Å². The molecular formula is C14H21NO2S. The molecule has 1 heterocycles.